The van der Waals surface area contributed by atoms with Crippen molar-refractivity contribution in [2.45, 2.75) is 0 Å². The van der Waals surface area contributed by atoms with Crippen LogP contribution in [-0.2, 0) is 25.4 Å². The molecule has 6 nitrogen and oxygen atoms in total. The first-order valence-corrected chi connectivity index (χ1v) is 3.55. The number of rotatable bonds is 2. The van der Waals surface area contributed by atoms with Crippen molar-refractivity contribution in [1.82, 2.24) is 0 Å². The fourth-order valence-electron chi connectivity index (χ4n) is 0.0702. The van der Waals surface area contributed by atoms with Crippen molar-refractivity contribution in [3.8, 4) is 0 Å². The first-order chi connectivity index (χ1) is 3.42. The van der Waals surface area contributed by atoms with Crippen molar-refractivity contribution in [2.24, 2.45) is 0 Å². The Bertz CT molecular complexity index is 173. The third-order valence-electron chi connectivity index (χ3n) is 0.142. The third-order valence-corrected chi connectivity index (χ3v) is 1.27. The Morgan fingerprint density at radius 2 is 2.00 bits per heavy atom. The Kier molecular flexibility index (Phi) is 2.50. The molecule has 0 aliphatic carbocycles. The van der Waals surface area contributed by atoms with Gasteiger partial charge in [0.15, 0.2) is 0 Å². The maximum absolute atomic E-state index is 9.38. The minimum atomic E-state index is -4.84. The van der Waals surface area contributed by atoms with Gasteiger partial charge >= 0.3 is 10.4 Å². The Morgan fingerprint density at radius 3 is 2.00 bits per heavy atom. The van der Waals surface area contributed by atoms with Gasteiger partial charge in [0.25, 0.3) is 0 Å². The van der Waals surface area contributed by atoms with Crippen LogP contribution in [0.15, 0.2) is 0 Å². The summed E-state index contributed by atoms with van der Waals surface area (Å²) in [5.74, 6) is 0. The molecular weight excluding hydrogens is 160 g/mol. The average Bonchev–Trinajstić information content (AvgIpc) is 1.21. The summed E-state index contributed by atoms with van der Waals surface area (Å²) >= 11 is -3.22. The molecule has 0 heterocycles. The van der Waals surface area contributed by atoms with Gasteiger partial charge in [-0.05, 0) is 0 Å². The molecule has 0 saturated heterocycles. The zero-order chi connectivity index (χ0) is 6.78. The lowest BCUT2D eigenvalue weighted by Gasteiger charge is -1.98. The van der Waals surface area contributed by atoms with E-state index in [0.29, 0.717) is 0 Å². The van der Waals surface area contributed by atoms with E-state index in [1.807, 2.05) is 0 Å². The van der Waals surface area contributed by atoms with Gasteiger partial charge < -0.3 is 4.55 Å². The highest BCUT2D eigenvalue weighted by molar-refractivity contribution is 7.91. The molecule has 0 fully saturated rings. The van der Waals surface area contributed by atoms with Gasteiger partial charge in [0, 0.05) is 0 Å². The lowest BCUT2D eigenvalue weighted by molar-refractivity contribution is 0.370. The first-order valence-electron chi connectivity index (χ1n) is 1.18. The van der Waals surface area contributed by atoms with E-state index in [1.54, 1.807) is 0 Å². The molecule has 0 rings (SSSR count). The Balaban J connectivity index is 3.95. The molecule has 0 spiro atoms. The van der Waals surface area contributed by atoms with Gasteiger partial charge in [0.05, 0.1) is 0 Å². The van der Waals surface area contributed by atoms with Crippen LogP contribution in [0.5, 0.6) is 0 Å². The standard InChI is InChI=1S/H2O6S2/c1-7(2)6-8(3,4)5/h(H,1,2)(H,3,4,5)/p-1. The van der Waals surface area contributed by atoms with E-state index in [4.69, 9.17) is 4.55 Å². The topological polar surface area (TPSA) is 104 Å². The van der Waals surface area contributed by atoms with Gasteiger partial charge in [-0.15, -0.1) is 0 Å². The third kappa shape index (κ3) is 5.98. The van der Waals surface area contributed by atoms with Gasteiger partial charge in [0.2, 0.25) is 0 Å². The summed E-state index contributed by atoms with van der Waals surface area (Å²) in [6.45, 7) is 0. The molecule has 0 aliphatic heterocycles. The fourth-order valence-corrected chi connectivity index (χ4v) is 0.632. The number of hydrogen-bond acceptors (Lipinski definition) is 5. The monoisotopic (exact) mass is 161 g/mol. The molecule has 0 bridgehead atoms. The predicted octanol–water partition coefficient (Wildman–Crippen LogP) is -1.40. The summed E-state index contributed by atoms with van der Waals surface area (Å²) in [7, 11) is -4.84. The highest BCUT2D eigenvalue weighted by Gasteiger charge is 2.02. The van der Waals surface area contributed by atoms with Crippen LogP contribution in [0.4, 0.5) is 0 Å². The normalized spacial score (nSPS) is 15.8. The van der Waals surface area contributed by atoms with Gasteiger partial charge in [-0.1, -0.05) is 0 Å². The van der Waals surface area contributed by atoms with E-state index < -0.39 is 21.8 Å². The quantitative estimate of drug-likeness (QED) is 0.394. The first kappa shape index (κ1) is 7.98. The van der Waals surface area contributed by atoms with E-state index in [2.05, 4.69) is 3.63 Å². The molecule has 0 aliphatic rings. The molecule has 0 amide bonds. The minimum Gasteiger partial charge on any atom is -0.749 e. The Morgan fingerprint density at radius 1 is 1.62 bits per heavy atom. The summed E-state index contributed by atoms with van der Waals surface area (Å²) in [4.78, 5) is 0. The summed E-state index contributed by atoms with van der Waals surface area (Å²) < 4.78 is 47.7. The second-order valence-corrected chi connectivity index (χ2v) is 2.51. The molecule has 1 unspecified atom stereocenters. The maximum Gasteiger partial charge on any atom is 0.409 e. The molecule has 1 atom stereocenters. The van der Waals surface area contributed by atoms with Crippen molar-refractivity contribution in [1.29, 1.82) is 0 Å². The SMILES string of the molecule is O=S([O-])OS(=O)(=O)O. The van der Waals surface area contributed by atoms with Gasteiger partial charge in [0.1, 0.15) is 11.4 Å². The van der Waals surface area contributed by atoms with Crippen molar-refractivity contribution in [2.75, 3.05) is 0 Å². The molecule has 8 heteroatoms. The lowest BCUT2D eigenvalue weighted by atomic mass is 15.8. The molecule has 1 N–H and O–H groups in total. The summed E-state index contributed by atoms with van der Waals surface area (Å²) in [6, 6.07) is 0. The van der Waals surface area contributed by atoms with Crippen LogP contribution in [0.2, 0.25) is 0 Å². The smallest absolute Gasteiger partial charge is 0.409 e. The summed E-state index contributed by atoms with van der Waals surface area (Å²) in [5.41, 5.74) is 0. The average molecular weight is 161 g/mol. The van der Waals surface area contributed by atoms with Crippen LogP contribution in [0.1, 0.15) is 0 Å². The van der Waals surface area contributed by atoms with Crippen LogP contribution in [-0.4, -0.2) is 21.7 Å². The van der Waals surface area contributed by atoms with E-state index in [9.17, 15) is 17.2 Å². The zero-order valence-corrected chi connectivity index (χ0v) is 4.94. The zero-order valence-electron chi connectivity index (χ0n) is 3.30. The summed E-state index contributed by atoms with van der Waals surface area (Å²) in [5, 5.41) is 0. The summed E-state index contributed by atoms with van der Waals surface area (Å²) in [6.07, 6.45) is 0. The second-order valence-electron chi connectivity index (χ2n) is 0.700. The Labute approximate surface area is 47.9 Å². The van der Waals surface area contributed by atoms with E-state index >= 15 is 0 Å². The molecular formula is HO6S2-. The Hall–Kier alpha value is -0.0200. The molecule has 0 radical (unpaired) electrons. The van der Waals surface area contributed by atoms with E-state index in [-0.39, 0.29) is 0 Å². The molecule has 50 valence electrons. The van der Waals surface area contributed by atoms with E-state index in [0.717, 1.165) is 0 Å². The highest BCUT2D eigenvalue weighted by atomic mass is 32.3. The van der Waals surface area contributed by atoms with Crippen LogP contribution in [0, 0.1) is 0 Å². The van der Waals surface area contributed by atoms with Crippen LogP contribution < -0.4 is 0 Å². The lowest BCUT2D eigenvalue weighted by Crippen LogP contribution is -2.04. The van der Waals surface area contributed by atoms with Crippen molar-refractivity contribution < 1.29 is 25.4 Å². The molecule has 0 aromatic heterocycles. The van der Waals surface area contributed by atoms with Crippen molar-refractivity contribution in [3.63, 3.8) is 0 Å². The maximum atomic E-state index is 9.38. The van der Waals surface area contributed by atoms with Crippen LogP contribution in [0.25, 0.3) is 0 Å². The highest BCUT2D eigenvalue weighted by Crippen LogP contribution is 1.86. The van der Waals surface area contributed by atoms with Crippen molar-refractivity contribution in [3.05, 3.63) is 0 Å². The van der Waals surface area contributed by atoms with Gasteiger partial charge in [-0.3, -0.25) is 4.55 Å². The molecule has 0 aromatic rings. The minimum absolute atomic E-state index is 2.88. The molecule has 0 saturated carbocycles. The fraction of sp³-hybridized carbons (Fsp3) is 0. The molecule has 8 heavy (non-hydrogen) atoms. The van der Waals surface area contributed by atoms with E-state index in [1.165, 1.54) is 0 Å². The molecule has 0 aromatic carbocycles. The van der Waals surface area contributed by atoms with Crippen LogP contribution in [0.3, 0.4) is 0 Å². The largest absolute Gasteiger partial charge is 0.749 e. The predicted molar refractivity (Wildman–Crippen MR) is 21.6 cm³/mol. The number of hydrogen-bond donors (Lipinski definition) is 1. The second kappa shape index (κ2) is 2.51. The van der Waals surface area contributed by atoms with Gasteiger partial charge in [-0.2, -0.15) is 12.0 Å². The van der Waals surface area contributed by atoms with Gasteiger partial charge in [-0.25, -0.2) is 4.21 Å². The van der Waals surface area contributed by atoms with Crippen LogP contribution >= 0.6 is 0 Å². The van der Waals surface area contributed by atoms with Crippen molar-refractivity contribution >= 4 is 21.8 Å².